The molecule has 0 saturated heterocycles. The average molecular weight is 350 g/mol. The van der Waals surface area contributed by atoms with E-state index in [1.807, 2.05) is 0 Å². The molecule has 2 N–H and O–H groups in total. The van der Waals surface area contributed by atoms with Crippen molar-refractivity contribution in [2.45, 2.75) is 31.0 Å². The summed E-state index contributed by atoms with van der Waals surface area (Å²) in [6.45, 7) is 0. The van der Waals surface area contributed by atoms with E-state index >= 15 is 0 Å². The Labute approximate surface area is 142 Å². The van der Waals surface area contributed by atoms with E-state index in [1.165, 1.54) is 24.3 Å². The Morgan fingerprint density at radius 1 is 0.920 bits per heavy atom. The lowest BCUT2D eigenvalue weighted by molar-refractivity contribution is -0.173. The predicted molar refractivity (Wildman–Crippen MR) is 84.6 cm³/mol. The highest BCUT2D eigenvalue weighted by molar-refractivity contribution is 5.46. The van der Waals surface area contributed by atoms with Crippen LogP contribution in [0.4, 0.5) is 13.2 Å². The van der Waals surface area contributed by atoms with E-state index in [2.05, 4.69) is 0 Å². The first-order valence-electron chi connectivity index (χ1n) is 8.18. The molecule has 0 spiro atoms. The standard InChI is InChI=1S/C19H17F3O3/c20-19(21,22)11-7-14-15-9-13(24)5-6-17(15)25-18(16(14)8-11)10-1-3-12(23)4-2-10/h1-6,9,11,14,16,18,23-24H,7-8H2/t11-,14+,16+,18+/m0/s1. The van der Waals surface area contributed by atoms with Crippen LogP contribution in [0.5, 0.6) is 17.2 Å². The number of phenols is 2. The summed E-state index contributed by atoms with van der Waals surface area (Å²) in [5.74, 6) is -1.38. The molecule has 0 amide bonds. The largest absolute Gasteiger partial charge is 0.508 e. The third-order valence-corrected chi connectivity index (χ3v) is 5.33. The van der Waals surface area contributed by atoms with Gasteiger partial charge in [0, 0.05) is 11.5 Å². The van der Waals surface area contributed by atoms with Crippen LogP contribution in [0.1, 0.15) is 36.0 Å². The van der Waals surface area contributed by atoms with Crippen molar-refractivity contribution < 1.29 is 28.1 Å². The predicted octanol–water partition coefficient (Wildman–Crippen LogP) is 4.90. The topological polar surface area (TPSA) is 49.7 Å². The van der Waals surface area contributed by atoms with Crippen LogP contribution in [0, 0.1) is 11.8 Å². The molecule has 0 bridgehead atoms. The Hall–Kier alpha value is -2.37. The van der Waals surface area contributed by atoms with Gasteiger partial charge in [-0.3, -0.25) is 0 Å². The minimum Gasteiger partial charge on any atom is -0.508 e. The first-order chi connectivity index (χ1) is 11.8. The maximum Gasteiger partial charge on any atom is 0.391 e. The maximum absolute atomic E-state index is 13.3. The lowest BCUT2D eigenvalue weighted by Gasteiger charge is -2.36. The average Bonchev–Trinajstić information content (AvgIpc) is 3.01. The summed E-state index contributed by atoms with van der Waals surface area (Å²) in [5, 5.41) is 19.2. The molecular formula is C19H17F3O3. The zero-order valence-electron chi connectivity index (χ0n) is 13.2. The Bertz CT molecular complexity index is 785. The van der Waals surface area contributed by atoms with Crippen molar-refractivity contribution in [3.63, 3.8) is 0 Å². The van der Waals surface area contributed by atoms with Gasteiger partial charge in [0.05, 0.1) is 5.92 Å². The molecule has 4 rings (SSSR count). The summed E-state index contributed by atoms with van der Waals surface area (Å²) in [7, 11) is 0. The van der Waals surface area contributed by atoms with E-state index in [4.69, 9.17) is 4.74 Å². The van der Waals surface area contributed by atoms with E-state index in [0.717, 1.165) is 5.56 Å². The normalized spacial score (nSPS) is 28.1. The van der Waals surface area contributed by atoms with Gasteiger partial charge in [-0.15, -0.1) is 0 Å². The number of rotatable bonds is 1. The van der Waals surface area contributed by atoms with E-state index in [9.17, 15) is 23.4 Å². The summed E-state index contributed by atoms with van der Waals surface area (Å²) in [4.78, 5) is 0. The van der Waals surface area contributed by atoms with Gasteiger partial charge in [0.25, 0.3) is 0 Å². The molecule has 3 nitrogen and oxygen atoms in total. The Kier molecular flexibility index (Phi) is 3.60. The first-order valence-corrected chi connectivity index (χ1v) is 8.18. The monoisotopic (exact) mass is 350 g/mol. The maximum atomic E-state index is 13.3. The van der Waals surface area contributed by atoms with Gasteiger partial charge in [0.1, 0.15) is 23.4 Å². The van der Waals surface area contributed by atoms with Crippen molar-refractivity contribution in [1.29, 1.82) is 0 Å². The highest BCUT2D eigenvalue weighted by Crippen LogP contribution is 2.58. The molecule has 25 heavy (non-hydrogen) atoms. The zero-order valence-corrected chi connectivity index (χ0v) is 13.2. The third kappa shape index (κ3) is 2.79. The lowest BCUT2D eigenvalue weighted by Crippen LogP contribution is -2.27. The fraction of sp³-hybridized carbons (Fsp3) is 0.368. The molecule has 2 aromatic rings. The summed E-state index contributed by atoms with van der Waals surface area (Å²) >= 11 is 0. The molecular weight excluding hydrogens is 333 g/mol. The number of phenolic OH excluding ortho intramolecular Hbond substituents is 2. The van der Waals surface area contributed by atoms with Gasteiger partial charge < -0.3 is 14.9 Å². The molecule has 0 unspecified atom stereocenters. The highest BCUT2D eigenvalue weighted by Gasteiger charge is 2.53. The molecule has 2 aromatic carbocycles. The summed E-state index contributed by atoms with van der Waals surface area (Å²) in [6, 6.07) is 11.0. The number of hydrogen-bond acceptors (Lipinski definition) is 3. The summed E-state index contributed by atoms with van der Waals surface area (Å²) < 4.78 is 46.0. The molecule has 0 radical (unpaired) electrons. The van der Waals surface area contributed by atoms with Gasteiger partial charge in [-0.1, -0.05) is 12.1 Å². The van der Waals surface area contributed by atoms with Crippen molar-refractivity contribution in [3.8, 4) is 17.2 Å². The Balaban J connectivity index is 1.77. The SMILES string of the molecule is Oc1ccc([C@H]2Oc3ccc(O)cc3[C@H]3C[C@H](C(F)(F)F)C[C@H]32)cc1. The van der Waals surface area contributed by atoms with Gasteiger partial charge in [0.15, 0.2) is 0 Å². The van der Waals surface area contributed by atoms with Crippen LogP contribution in [0.15, 0.2) is 42.5 Å². The van der Waals surface area contributed by atoms with Gasteiger partial charge >= 0.3 is 6.18 Å². The lowest BCUT2D eigenvalue weighted by atomic mass is 9.80. The number of halogens is 3. The number of ether oxygens (including phenoxy) is 1. The van der Waals surface area contributed by atoms with E-state index in [0.29, 0.717) is 11.3 Å². The smallest absolute Gasteiger partial charge is 0.391 e. The third-order valence-electron chi connectivity index (χ3n) is 5.33. The fourth-order valence-electron chi connectivity index (χ4n) is 4.17. The molecule has 1 saturated carbocycles. The Morgan fingerprint density at radius 3 is 2.28 bits per heavy atom. The van der Waals surface area contributed by atoms with Crippen LogP contribution in [0.25, 0.3) is 0 Å². The van der Waals surface area contributed by atoms with Crippen molar-refractivity contribution in [3.05, 3.63) is 53.6 Å². The second kappa shape index (κ2) is 5.58. The zero-order chi connectivity index (χ0) is 17.8. The van der Waals surface area contributed by atoms with Crippen LogP contribution >= 0.6 is 0 Å². The molecule has 1 aliphatic heterocycles. The first kappa shape index (κ1) is 16.1. The van der Waals surface area contributed by atoms with Gasteiger partial charge in [-0.2, -0.15) is 13.2 Å². The molecule has 6 heteroatoms. The minimum atomic E-state index is -4.24. The molecule has 4 atom stereocenters. The quantitative estimate of drug-likeness (QED) is 0.769. The van der Waals surface area contributed by atoms with Crippen molar-refractivity contribution in [1.82, 2.24) is 0 Å². The highest BCUT2D eigenvalue weighted by atomic mass is 19.4. The molecule has 1 aliphatic carbocycles. The summed E-state index contributed by atoms with van der Waals surface area (Å²) in [6.07, 6.45) is -4.75. The van der Waals surface area contributed by atoms with Crippen molar-refractivity contribution in [2.24, 2.45) is 11.8 Å². The number of aromatic hydroxyl groups is 2. The number of benzene rings is 2. The summed E-state index contributed by atoms with van der Waals surface area (Å²) in [5.41, 5.74) is 1.39. The Morgan fingerprint density at radius 2 is 1.60 bits per heavy atom. The number of fused-ring (bicyclic) bond motifs is 3. The minimum absolute atomic E-state index is 0.00254. The van der Waals surface area contributed by atoms with Crippen LogP contribution in [0.2, 0.25) is 0 Å². The molecule has 1 fully saturated rings. The van der Waals surface area contributed by atoms with E-state index in [1.54, 1.807) is 18.2 Å². The second-order valence-electron chi connectivity index (χ2n) is 6.83. The van der Waals surface area contributed by atoms with Crippen LogP contribution in [-0.4, -0.2) is 16.4 Å². The molecule has 1 heterocycles. The van der Waals surface area contributed by atoms with E-state index in [-0.39, 0.29) is 36.2 Å². The molecule has 0 aromatic heterocycles. The molecule has 132 valence electrons. The number of alkyl halides is 3. The number of hydrogen-bond donors (Lipinski definition) is 2. The van der Waals surface area contributed by atoms with Gasteiger partial charge in [0.2, 0.25) is 0 Å². The molecule has 2 aliphatic rings. The van der Waals surface area contributed by atoms with Gasteiger partial charge in [-0.25, -0.2) is 0 Å². The van der Waals surface area contributed by atoms with Crippen LogP contribution in [-0.2, 0) is 0 Å². The van der Waals surface area contributed by atoms with Crippen LogP contribution in [0.3, 0.4) is 0 Å². The second-order valence-corrected chi connectivity index (χ2v) is 6.83. The van der Waals surface area contributed by atoms with Crippen molar-refractivity contribution >= 4 is 0 Å². The van der Waals surface area contributed by atoms with E-state index < -0.39 is 18.2 Å². The van der Waals surface area contributed by atoms with Crippen molar-refractivity contribution in [2.75, 3.05) is 0 Å². The van der Waals surface area contributed by atoms with Gasteiger partial charge in [-0.05, 0) is 54.7 Å². The van der Waals surface area contributed by atoms with Crippen LogP contribution < -0.4 is 4.74 Å². The fourth-order valence-corrected chi connectivity index (χ4v) is 4.17.